The van der Waals surface area contributed by atoms with E-state index in [4.69, 9.17) is 30.5 Å². The summed E-state index contributed by atoms with van der Waals surface area (Å²) in [7, 11) is 6.64. The second-order valence-electron chi connectivity index (χ2n) is 8.90. The average molecular weight is 511 g/mol. The van der Waals surface area contributed by atoms with Gasteiger partial charge in [-0.05, 0) is 72.0 Å². The number of benzene rings is 3. The summed E-state index contributed by atoms with van der Waals surface area (Å²) in [6, 6.07) is 16.3. The van der Waals surface area contributed by atoms with Crippen molar-refractivity contribution < 1.29 is 18.9 Å². The maximum absolute atomic E-state index is 6.36. The lowest BCUT2D eigenvalue weighted by Crippen LogP contribution is -2.47. The number of nitrogens with zero attached hydrogens (tertiary/aromatic N) is 2. The molecule has 7 heteroatoms. The summed E-state index contributed by atoms with van der Waals surface area (Å²) < 4.78 is 22.2. The largest absolute Gasteiger partial charge is 0.493 e. The van der Waals surface area contributed by atoms with Crippen LogP contribution in [-0.4, -0.2) is 66.1 Å². The van der Waals surface area contributed by atoms with Crippen LogP contribution in [-0.2, 0) is 6.42 Å². The molecule has 1 saturated heterocycles. The molecule has 1 heterocycles. The molecule has 3 aromatic carbocycles. The van der Waals surface area contributed by atoms with E-state index in [-0.39, 0.29) is 0 Å². The van der Waals surface area contributed by atoms with Gasteiger partial charge in [0.25, 0.3) is 0 Å². The maximum Gasteiger partial charge on any atom is 0.161 e. The van der Waals surface area contributed by atoms with Crippen LogP contribution in [0.3, 0.4) is 0 Å². The van der Waals surface area contributed by atoms with Crippen LogP contribution < -0.4 is 23.8 Å². The first kappa shape index (κ1) is 26.0. The summed E-state index contributed by atoms with van der Waals surface area (Å²) in [6.07, 6.45) is 0.889. The Morgan fingerprint density at radius 3 is 2.06 bits per heavy atom. The van der Waals surface area contributed by atoms with Crippen molar-refractivity contribution in [3.63, 3.8) is 0 Å². The van der Waals surface area contributed by atoms with E-state index in [1.165, 1.54) is 11.3 Å². The van der Waals surface area contributed by atoms with Crippen molar-refractivity contribution in [2.75, 3.05) is 66.1 Å². The zero-order chi connectivity index (χ0) is 25.7. The first-order chi connectivity index (χ1) is 17.5. The molecule has 0 spiro atoms. The minimum absolute atomic E-state index is 0.697. The molecule has 0 saturated carbocycles. The smallest absolute Gasteiger partial charge is 0.161 e. The Morgan fingerprint density at radius 2 is 1.39 bits per heavy atom. The van der Waals surface area contributed by atoms with Gasteiger partial charge < -0.3 is 23.8 Å². The minimum atomic E-state index is 0.697. The fraction of sp³-hybridized carbons (Fsp3) is 0.379. The van der Waals surface area contributed by atoms with E-state index in [1.807, 2.05) is 24.3 Å². The van der Waals surface area contributed by atoms with Crippen molar-refractivity contribution in [3.8, 4) is 34.1 Å². The van der Waals surface area contributed by atoms with Gasteiger partial charge in [-0.2, -0.15) is 0 Å². The maximum atomic E-state index is 6.36. The van der Waals surface area contributed by atoms with E-state index in [1.54, 1.807) is 28.4 Å². The molecule has 0 amide bonds. The highest BCUT2D eigenvalue weighted by molar-refractivity contribution is 6.31. The second-order valence-corrected chi connectivity index (χ2v) is 9.30. The van der Waals surface area contributed by atoms with Crippen LogP contribution in [0.2, 0.25) is 5.02 Å². The minimum Gasteiger partial charge on any atom is -0.493 e. The van der Waals surface area contributed by atoms with Gasteiger partial charge in [-0.3, -0.25) is 4.90 Å². The molecule has 1 aliphatic rings. The van der Waals surface area contributed by atoms with Crippen molar-refractivity contribution >= 4 is 17.3 Å². The van der Waals surface area contributed by atoms with Gasteiger partial charge in [-0.25, -0.2) is 0 Å². The van der Waals surface area contributed by atoms with E-state index in [0.717, 1.165) is 66.6 Å². The quantitative estimate of drug-likeness (QED) is 0.367. The lowest BCUT2D eigenvalue weighted by molar-refractivity contribution is 0.261. The molecule has 4 rings (SSSR count). The average Bonchev–Trinajstić information content (AvgIpc) is 2.92. The predicted octanol–water partition coefficient (Wildman–Crippen LogP) is 5.71. The second kappa shape index (κ2) is 11.8. The third-order valence-corrected chi connectivity index (χ3v) is 7.36. The van der Waals surface area contributed by atoms with E-state index < -0.39 is 0 Å². The van der Waals surface area contributed by atoms with Crippen molar-refractivity contribution in [2.45, 2.75) is 13.3 Å². The molecular weight excluding hydrogens is 476 g/mol. The monoisotopic (exact) mass is 510 g/mol. The van der Waals surface area contributed by atoms with Gasteiger partial charge in [0, 0.05) is 43.4 Å². The number of rotatable bonds is 9. The lowest BCUT2D eigenvalue weighted by atomic mass is 9.96. The van der Waals surface area contributed by atoms with Crippen LogP contribution in [0.1, 0.15) is 11.1 Å². The fourth-order valence-electron chi connectivity index (χ4n) is 4.83. The Hall–Kier alpha value is -3.09. The summed E-state index contributed by atoms with van der Waals surface area (Å²) in [6.45, 7) is 7.02. The number of ether oxygens (including phenoxy) is 4. The molecule has 0 aliphatic carbocycles. The first-order valence-corrected chi connectivity index (χ1v) is 12.6. The van der Waals surface area contributed by atoms with Crippen molar-refractivity contribution in [3.05, 3.63) is 64.7 Å². The number of hydrogen-bond donors (Lipinski definition) is 0. The molecule has 6 nitrogen and oxygen atoms in total. The zero-order valence-corrected chi connectivity index (χ0v) is 22.5. The Balaban J connectivity index is 1.52. The number of methoxy groups -OCH3 is 4. The van der Waals surface area contributed by atoms with Crippen LogP contribution in [0.4, 0.5) is 5.69 Å². The van der Waals surface area contributed by atoms with Crippen molar-refractivity contribution in [1.82, 2.24) is 4.90 Å². The highest BCUT2D eigenvalue weighted by Gasteiger charge is 2.20. The Labute approximate surface area is 219 Å². The number of piperazine rings is 1. The lowest BCUT2D eigenvalue weighted by Gasteiger charge is -2.37. The Kier molecular flexibility index (Phi) is 8.49. The Bertz CT molecular complexity index is 1190. The highest BCUT2D eigenvalue weighted by Crippen LogP contribution is 2.39. The van der Waals surface area contributed by atoms with Gasteiger partial charge >= 0.3 is 0 Å². The SMILES string of the molecule is COc1ccc(-c2cc(OC)c(OC)cc2CCN2CCN(c3cccc(Cl)c3C)CC2)cc1OC. The van der Waals surface area contributed by atoms with Gasteiger partial charge in [0.15, 0.2) is 23.0 Å². The predicted molar refractivity (Wildman–Crippen MR) is 147 cm³/mol. The molecule has 192 valence electrons. The van der Waals surface area contributed by atoms with E-state index >= 15 is 0 Å². The number of halogens is 1. The van der Waals surface area contributed by atoms with Gasteiger partial charge in [0.05, 0.1) is 28.4 Å². The third kappa shape index (κ3) is 5.50. The summed E-state index contributed by atoms with van der Waals surface area (Å²) in [5.41, 5.74) is 5.73. The molecule has 0 aromatic heterocycles. The third-order valence-electron chi connectivity index (χ3n) is 6.95. The molecule has 0 bridgehead atoms. The van der Waals surface area contributed by atoms with Crippen molar-refractivity contribution in [2.24, 2.45) is 0 Å². The normalized spacial score (nSPS) is 14.0. The van der Waals surface area contributed by atoms with Gasteiger partial charge in [0.2, 0.25) is 0 Å². The first-order valence-electron chi connectivity index (χ1n) is 12.2. The van der Waals surface area contributed by atoms with E-state index in [0.29, 0.717) is 17.2 Å². The zero-order valence-electron chi connectivity index (χ0n) is 21.8. The van der Waals surface area contributed by atoms with E-state index in [2.05, 4.69) is 41.0 Å². The number of hydrogen-bond acceptors (Lipinski definition) is 6. The van der Waals surface area contributed by atoms with Crippen molar-refractivity contribution in [1.29, 1.82) is 0 Å². The molecule has 1 fully saturated rings. The van der Waals surface area contributed by atoms with Crippen LogP contribution in [0.15, 0.2) is 48.5 Å². The summed E-state index contributed by atoms with van der Waals surface area (Å²) in [5.74, 6) is 2.84. The molecular formula is C29H35ClN2O4. The van der Waals surface area contributed by atoms with E-state index in [9.17, 15) is 0 Å². The highest BCUT2D eigenvalue weighted by atomic mass is 35.5. The summed E-state index contributed by atoms with van der Waals surface area (Å²) in [4.78, 5) is 4.95. The fourth-order valence-corrected chi connectivity index (χ4v) is 5.00. The Morgan fingerprint density at radius 1 is 0.750 bits per heavy atom. The molecule has 1 aliphatic heterocycles. The van der Waals surface area contributed by atoms with Crippen LogP contribution >= 0.6 is 11.6 Å². The molecule has 36 heavy (non-hydrogen) atoms. The van der Waals surface area contributed by atoms with Gasteiger partial charge in [-0.15, -0.1) is 0 Å². The molecule has 0 unspecified atom stereocenters. The standard InChI is InChI=1S/C29H35ClN2O4/c1-20-24(30)7-6-8-25(20)32-15-13-31(14-16-32)12-11-22-18-28(35-4)29(36-5)19-23(22)21-9-10-26(33-2)27(17-21)34-3/h6-10,17-19H,11-16H2,1-5H3. The number of anilines is 1. The summed E-state index contributed by atoms with van der Waals surface area (Å²) in [5, 5.41) is 0.825. The van der Waals surface area contributed by atoms with Gasteiger partial charge in [-0.1, -0.05) is 23.7 Å². The topological polar surface area (TPSA) is 43.4 Å². The summed E-state index contributed by atoms with van der Waals surface area (Å²) >= 11 is 6.36. The molecule has 3 aromatic rings. The van der Waals surface area contributed by atoms with Crippen LogP contribution in [0.5, 0.6) is 23.0 Å². The van der Waals surface area contributed by atoms with Crippen LogP contribution in [0, 0.1) is 6.92 Å². The molecule has 0 N–H and O–H groups in total. The van der Waals surface area contributed by atoms with Gasteiger partial charge in [0.1, 0.15) is 0 Å². The van der Waals surface area contributed by atoms with Crippen LogP contribution in [0.25, 0.3) is 11.1 Å². The molecule has 0 atom stereocenters. The molecule has 0 radical (unpaired) electrons.